The number of aromatic amines is 1. The number of amides is 1. The van der Waals surface area contributed by atoms with Gasteiger partial charge in [-0.15, -0.1) is 11.3 Å². The van der Waals surface area contributed by atoms with E-state index in [1.54, 1.807) is 20.8 Å². The molecule has 0 saturated heterocycles. The third-order valence-corrected chi connectivity index (χ3v) is 5.76. The van der Waals surface area contributed by atoms with E-state index >= 15 is 0 Å². The number of H-pyrrole nitrogens is 1. The third kappa shape index (κ3) is 4.28. The lowest BCUT2D eigenvalue weighted by Crippen LogP contribution is -2.32. The van der Waals surface area contributed by atoms with Crippen molar-refractivity contribution in [2.75, 3.05) is 13.7 Å². The first-order valence-electron chi connectivity index (χ1n) is 8.68. The zero-order valence-corrected chi connectivity index (χ0v) is 17.1. The Morgan fingerprint density at radius 2 is 2.11 bits per heavy atom. The molecule has 0 radical (unpaired) electrons. The molecule has 0 fully saturated rings. The molecule has 0 aliphatic carbocycles. The summed E-state index contributed by atoms with van der Waals surface area (Å²) in [5.74, 6) is 1.40. The highest BCUT2D eigenvalue weighted by molar-refractivity contribution is 7.71. The molecule has 0 aliphatic heterocycles. The molecule has 1 amide bonds. The van der Waals surface area contributed by atoms with Crippen LogP contribution >= 0.6 is 23.6 Å². The van der Waals surface area contributed by atoms with Gasteiger partial charge in [0.25, 0.3) is 0 Å². The summed E-state index contributed by atoms with van der Waals surface area (Å²) in [4.78, 5) is 15.7. The molecule has 2 aromatic heterocycles. The van der Waals surface area contributed by atoms with Crippen LogP contribution in [-0.2, 0) is 11.3 Å². The van der Waals surface area contributed by atoms with Crippen LogP contribution in [0, 0.1) is 4.77 Å². The first-order valence-corrected chi connectivity index (χ1v) is 9.97. The monoisotopic (exact) mass is 402 g/mol. The van der Waals surface area contributed by atoms with Gasteiger partial charge in [0.1, 0.15) is 12.3 Å². The van der Waals surface area contributed by atoms with Crippen molar-refractivity contribution in [3.8, 4) is 17.1 Å². The van der Waals surface area contributed by atoms with E-state index in [0.29, 0.717) is 17.2 Å². The fourth-order valence-corrected chi connectivity index (χ4v) is 3.76. The minimum atomic E-state index is -0.0272. The summed E-state index contributed by atoms with van der Waals surface area (Å²) in [5, 5.41) is 9.11. The number of benzene rings is 1. The van der Waals surface area contributed by atoms with Crippen LogP contribution in [-0.4, -0.2) is 39.2 Å². The molecule has 0 bridgehead atoms. The normalized spacial score (nSPS) is 12.0. The molecule has 1 aromatic carbocycles. The van der Waals surface area contributed by atoms with Crippen LogP contribution in [0.1, 0.15) is 24.8 Å². The van der Waals surface area contributed by atoms with E-state index in [9.17, 15) is 4.79 Å². The fraction of sp³-hybridized carbons (Fsp3) is 0.316. The molecule has 142 valence electrons. The molecular formula is C19H22N4O2S2. The van der Waals surface area contributed by atoms with Gasteiger partial charge in [0, 0.05) is 17.5 Å². The minimum Gasteiger partial charge on any atom is -0.494 e. The molecule has 8 heteroatoms. The van der Waals surface area contributed by atoms with Gasteiger partial charge < -0.3 is 9.64 Å². The second kappa shape index (κ2) is 8.49. The van der Waals surface area contributed by atoms with Crippen LogP contribution in [0.3, 0.4) is 0 Å². The maximum Gasteiger partial charge on any atom is 0.242 e. The van der Waals surface area contributed by atoms with Gasteiger partial charge in [0.05, 0.1) is 12.6 Å². The highest BCUT2D eigenvalue weighted by atomic mass is 32.1. The molecule has 27 heavy (non-hydrogen) atoms. The number of hydrogen-bond donors (Lipinski definition) is 1. The number of ether oxygens (including phenoxy) is 1. The van der Waals surface area contributed by atoms with Crippen LogP contribution in [0.15, 0.2) is 41.8 Å². The van der Waals surface area contributed by atoms with Crippen LogP contribution in [0.4, 0.5) is 0 Å². The number of carbonyl (C=O) groups is 1. The number of nitrogens with zero attached hydrogens (tertiary/aromatic N) is 3. The van der Waals surface area contributed by atoms with Crippen LogP contribution in [0.25, 0.3) is 11.4 Å². The third-order valence-electron chi connectivity index (χ3n) is 4.40. The van der Waals surface area contributed by atoms with E-state index < -0.39 is 0 Å². The zero-order valence-electron chi connectivity index (χ0n) is 15.5. The Kier molecular flexibility index (Phi) is 6.08. The van der Waals surface area contributed by atoms with Crippen LogP contribution < -0.4 is 4.74 Å². The summed E-state index contributed by atoms with van der Waals surface area (Å²) in [6, 6.07) is 11.6. The fourth-order valence-electron chi connectivity index (χ4n) is 2.73. The second-order valence-electron chi connectivity index (χ2n) is 6.09. The Bertz CT molecular complexity index is 945. The van der Waals surface area contributed by atoms with E-state index in [0.717, 1.165) is 16.2 Å². The Morgan fingerprint density at radius 1 is 1.37 bits per heavy atom. The highest BCUT2D eigenvalue weighted by Crippen LogP contribution is 2.25. The van der Waals surface area contributed by atoms with E-state index in [4.69, 9.17) is 17.0 Å². The van der Waals surface area contributed by atoms with Crippen molar-refractivity contribution in [2.45, 2.75) is 26.4 Å². The highest BCUT2D eigenvalue weighted by Gasteiger charge is 2.20. The first-order chi connectivity index (χ1) is 13.0. The number of likely N-dealkylation sites (N-methyl/N-ethyl adjacent to an activating group) is 1. The Balaban J connectivity index is 1.80. The molecule has 1 unspecified atom stereocenters. The second-order valence-corrected chi connectivity index (χ2v) is 7.46. The van der Waals surface area contributed by atoms with Crippen molar-refractivity contribution in [3.05, 3.63) is 51.4 Å². The van der Waals surface area contributed by atoms with E-state index in [-0.39, 0.29) is 18.5 Å². The lowest BCUT2D eigenvalue weighted by molar-refractivity contribution is -0.132. The van der Waals surface area contributed by atoms with Gasteiger partial charge in [-0.2, -0.15) is 5.10 Å². The van der Waals surface area contributed by atoms with Gasteiger partial charge in [0.15, 0.2) is 10.6 Å². The Hall–Kier alpha value is -2.45. The quantitative estimate of drug-likeness (QED) is 0.599. The van der Waals surface area contributed by atoms with E-state index in [1.807, 2.05) is 62.7 Å². The summed E-state index contributed by atoms with van der Waals surface area (Å²) in [5.41, 5.74) is 0.868. The van der Waals surface area contributed by atoms with Crippen molar-refractivity contribution in [3.63, 3.8) is 0 Å². The van der Waals surface area contributed by atoms with Gasteiger partial charge in [0.2, 0.25) is 5.91 Å². The smallest absolute Gasteiger partial charge is 0.242 e. The average molecular weight is 403 g/mol. The number of nitrogens with one attached hydrogen (secondary N) is 1. The Morgan fingerprint density at radius 3 is 2.74 bits per heavy atom. The molecule has 0 aliphatic rings. The molecule has 1 N–H and O–H groups in total. The molecule has 0 spiro atoms. The van der Waals surface area contributed by atoms with E-state index in [1.165, 1.54) is 0 Å². The van der Waals surface area contributed by atoms with Crippen molar-refractivity contribution in [1.82, 2.24) is 19.7 Å². The molecule has 0 saturated carbocycles. The topological polar surface area (TPSA) is 63.1 Å². The largest absolute Gasteiger partial charge is 0.494 e. The maximum absolute atomic E-state index is 12.8. The predicted molar refractivity (Wildman–Crippen MR) is 110 cm³/mol. The average Bonchev–Trinajstić information content (AvgIpc) is 3.32. The van der Waals surface area contributed by atoms with Crippen LogP contribution in [0.5, 0.6) is 5.75 Å². The number of rotatable bonds is 7. The SMILES string of the molecule is CCOc1ccc(-c2n[nH]c(=S)n2CC(=O)N(C)C(C)c2cccs2)cc1. The predicted octanol–water partition coefficient (Wildman–Crippen LogP) is 4.29. The molecule has 6 nitrogen and oxygen atoms in total. The molecular weight excluding hydrogens is 380 g/mol. The first kappa shape index (κ1) is 19.3. The van der Waals surface area contributed by atoms with E-state index in [2.05, 4.69) is 10.2 Å². The molecule has 2 heterocycles. The van der Waals surface area contributed by atoms with Crippen molar-refractivity contribution in [2.24, 2.45) is 0 Å². The molecule has 3 aromatic rings. The summed E-state index contributed by atoms with van der Waals surface area (Å²) < 4.78 is 7.62. The van der Waals surface area contributed by atoms with Gasteiger partial charge in [-0.3, -0.25) is 14.5 Å². The number of hydrogen-bond acceptors (Lipinski definition) is 5. The van der Waals surface area contributed by atoms with Gasteiger partial charge in [-0.25, -0.2) is 0 Å². The zero-order chi connectivity index (χ0) is 19.4. The number of carbonyl (C=O) groups excluding carboxylic acids is 1. The molecule has 3 rings (SSSR count). The number of aromatic nitrogens is 3. The summed E-state index contributed by atoms with van der Waals surface area (Å²) >= 11 is 6.98. The van der Waals surface area contributed by atoms with Gasteiger partial charge >= 0.3 is 0 Å². The maximum atomic E-state index is 12.8. The van der Waals surface area contributed by atoms with Crippen molar-refractivity contribution in [1.29, 1.82) is 0 Å². The lowest BCUT2D eigenvalue weighted by Gasteiger charge is -2.24. The summed E-state index contributed by atoms with van der Waals surface area (Å²) in [6.45, 7) is 4.70. The number of thiophene rings is 1. The Labute approximate surface area is 167 Å². The lowest BCUT2D eigenvalue weighted by atomic mass is 10.2. The van der Waals surface area contributed by atoms with Gasteiger partial charge in [-0.1, -0.05) is 6.07 Å². The van der Waals surface area contributed by atoms with Crippen LogP contribution in [0.2, 0.25) is 0 Å². The summed E-state index contributed by atoms with van der Waals surface area (Å²) in [7, 11) is 1.81. The van der Waals surface area contributed by atoms with Gasteiger partial charge in [-0.05, 0) is 61.8 Å². The summed E-state index contributed by atoms with van der Waals surface area (Å²) in [6.07, 6.45) is 0. The standard InChI is InChI=1S/C19H22N4O2S2/c1-4-25-15-9-7-14(8-10-15)18-20-21-19(26)23(18)12-17(24)22(3)13(2)16-6-5-11-27-16/h5-11,13H,4,12H2,1-3H3,(H,21,26). The molecule has 1 atom stereocenters. The minimum absolute atomic E-state index is 0.00694. The van der Waals surface area contributed by atoms with Crippen molar-refractivity contribution < 1.29 is 9.53 Å². The van der Waals surface area contributed by atoms with Crippen molar-refractivity contribution >= 4 is 29.5 Å².